The van der Waals surface area contributed by atoms with Crippen LogP contribution in [0, 0.1) is 13.8 Å². The topological polar surface area (TPSA) is 98.1 Å². The molecule has 1 atom stereocenters. The number of benzene rings is 2. The molecule has 1 aromatic heterocycles. The predicted molar refractivity (Wildman–Crippen MR) is 116 cm³/mol. The Morgan fingerprint density at radius 1 is 1.30 bits per heavy atom. The Kier molecular flexibility index (Phi) is 5.54. The summed E-state index contributed by atoms with van der Waals surface area (Å²) in [5, 5.41) is 9.81. The van der Waals surface area contributed by atoms with Gasteiger partial charge in [0.15, 0.2) is 6.61 Å². The van der Waals surface area contributed by atoms with Gasteiger partial charge in [-0.3, -0.25) is 14.9 Å². The number of anilines is 2. The smallest absolute Gasteiger partial charge is 0.262 e. The zero-order chi connectivity index (χ0) is 21.3. The second kappa shape index (κ2) is 8.27. The van der Waals surface area contributed by atoms with E-state index in [1.54, 1.807) is 10.7 Å². The highest BCUT2D eigenvalue weighted by Gasteiger charge is 2.27. The van der Waals surface area contributed by atoms with Gasteiger partial charge in [-0.15, -0.1) is 0 Å². The lowest BCUT2D eigenvalue weighted by molar-refractivity contribution is -0.118. The first kappa shape index (κ1) is 20.1. The van der Waals surface area contributed by atoms with Gasteiger partial charge in [-0.25, -0.2) is 4.68 Å². The molecule has 1 aliphatic rings. The molecule has 2 N–H and O–H groups in total. The molecular weight excluding hydrogens is 450 g/mol. The molecule has 0 unspecified atom stereocenters. The third-order valence-electron chi connectivity index (χ3n) is 4.87. The first-order chi connectivity index (χ1) is 14.4. The monoisotopic (exact) mass is 469 g/mol. The van der Waals surface area contributed by atoms with E-state index in [0.717, 1.165) is 26.9 Å². The van der Waals surface area contributed by atoms with E-state index in [1.807, 2.05) is 44.2 Å². The van der Waals surface area contributed by atoms with Gasteiger partial charge in [-0.1, -0.05) is 28.1 Å². The van der Waals surface area contributed by atoms with Crippen molar-refractivity contribution in [2.24, 2.45) is 0 Å². The van der Waals surface area contributed by atoms with E-state index in [2.05, 4.69) is 36.6 Å². The summed E-state index contributed by atoms with van der Waals surface area (Å²) in [6.45, 7) is 3.75. The molecule has 0 saturated carbocycles. The number of nitrogens with one attached hydrogen (secondary N) is 2. The first-order valence-corrected chi connectivity index (χ1v) is 10.2. The van der Waals surface area contributed by atoms with Crippen LogP contribution in [0.15, 0.2) is 47.2 Å². The van der Waals surface area contributed by atoms with Crippen LogP contribution in [0.4, 0.5) is 11.6 Å². The van der Waals surface area contributed by atoms with Crippen molar-refractivity contribution in [3.05, 3.63) is 63.9 Å². The Bertz CT molecular complexity index is 1100. The van der Waals surface area contributed by atoms with Gasteiger partial charge in [0.2, 0.25) is 11.9 Å². The molecule has 0 spiro atoms. The van der Waals surface area contributed by atoms with Crippen molar-refractivity contribution in [1.29, 1.82) is 0 Å². The van der Waals surface area contributed by atoms with E-state index in [0.29, 0.717) is 11.7 Å². The van der Waals surface area contributed by atoms with Crippen LogP contribution in [-0.2, 0) is 9.59 Å². The number of aryl methyl sites for hydroxylation is 2. The Labute approximate surface area is 181 Å². The largest absolute Gasteiger partial charge is 0.484 e. The Hall–Kier alpha value is -3.20. The summed E-state index contributed by atoms with van der Waals surface area (Å²) in [6, 6.07) is 10.9. The third-order valence-corrected chi connectivity index (χ3v) is 5.33. The molecule has 1 aliphatic heterocycles. The number of carbonyl (C=O) groups is 2. The maximum Gasteiger partial charge on any atom is 0.262 e. The number of hydrogen-bond donors (Lipinski definition) is 2. The second-order valence-electron chi connectivity index (χ2n) is 7.12. The molecule has 0 radical (unpaired) electrons. The average Bonchev–Trinajstić information content (AvgIpc) is 3.17. The second-order valence-corrected chi connectivity index (χ2v) is 8.04. The van der Waals surface area contributed by atoms with Crippen molar-refractivity contribution in [2.45, 2.75) is 26.3 Å². The highest BCUT2D eigenvalue weighted by atomic mass is 79.9. The Balaban J connectivity index is 1.45. The van der Waals surface area contributed by atoms with Crippen LogP contribution in [0.2, 0.25) is 0 Å². The average molecular weight is 470 g/mol. The molecular formula is C21H20BrN5O3. The van der Waals surface area contributed by atoms with Gasteiger partial charge in [-0.05, 0) is 54.8 Å². The molecule has 3 aromatic rings. The predicted octanol–water partition coefficient (Wildman–Crippen LogP) is 3.61. The maximum absolute atomic E-state index is 12.4. The quantitative estimate of drug-likeness (QED) is 0.594. The van der Waals surface area contributed by atoms with E-state index >= 15 is 0 Å². The first-order valence-electron chi connectivity index (χ1n) is 9.39. The summed E-state index contributed by atoms with van der Waals surface area (Å²) in [5.41, 5.74) is 3.58. The zero-order valence-electron chi connectivity index (χ0n) is 16.5. The minimum absolute atomic E-state index is 0.119. The number of aromatic nitrogens is 3. The van der Waals surface area contributed by atoms with Crippen LogP contribution in [0.1, 0.15) is 29.2 Å². The molecule has 2 amide bonds. The van der Waals surface area contributed by atoms with Crippen LogP contribution < -0.4 is 15.4 Å². The van der Waals surface area contributed by atoms with Gasteiger partial charge < -0.3 is 10.1 Å². The van der Waals surface area contributed by atoms with Crippen molar-refractivity contribution in [3.8, 4) is 5.75 Å². The Morgan fingerprint density at radius 2 is 2.07 bits per heavy atom. The molecule has 8 nitrogen and oxygen atoms in total. The molecule has 2 heterocycles. The summed E-state index contributed by atoms with van der Waals surface area (Å²) in [5.74, 6) is 0.595. The zero-order valence-corrected chi connectivity index (χ0v) is 18.1. The van der Waals surface area contributed by atoms with Gasteiger partial charge in [-0.2, -0.15) is 10.1 Å². The number of amides is 2. The van der Waals surface area contributed by atoms with Crippen LogP contribution in [0.5, 0.6) is 5.75 Å². The fourth-order valence-electron chi connectivity index (χ4n) is 3.51. The molecule has 154 valence electrons. The molecule has 30 heavy (non-hydrogen) atoms. The lowest BCUT2D eigenvalue weighted by atomic mass is 10.0. The third kappa shape index (κ3) is 4.20. The summed E-state index contributed by atoms with van der Waals surface area (Å²) < 4.78 is 8.35. The molecule has 0 aliphatic carbocycles. The van der Waals surface area contributed by atoms with Gasteiger partial charge >= 0.3 is 0 Å². The van der Waals surface area contributed by atoms with E-state index in [4.69, 9.17) is 4.74 Å². The standard InChI is InChI=1S/C21H20BrN5O3/c1-12-6-15(22)7-13(2)20(12)25-19(29)10-30-16-5-3-4-14(8-16)17-9-18(28)26-21-23-11-24-27(17)21/h3-8,11,17H,9-10H2,1-2H3,(H,25,29)(H,23,24,26,28)/t17-/m0/s1. The number of halogens is 1. The number of hydrogen-bond acceptors (Lipinski definition) is 5. The SMILES string of the molecule is Cc1cc(Br)cc(C)c1NC(=O)COc1cccc([C@@H]2CC(=O)Nc3ncnn32)c1. The molecule has 0 fully saturated rings. The number of rotatable bonds is 5. The maximum atomic E-state index is 12.4. The van der Waals surface area contributed by atoms with E-state index < -0.39 is 0 Å². The number of carbonyl (C=O) groups excluding carboxylic acids is 2. The summed E-state index contributed by atoms with van der Waals surface area (Å²) in [7, 11) is 0. The lowest BCUT2D eigenvalue weighted by Gasteiger charge is -2.24. The summed E-state index contributed by atoms with van der Waals surface area (Å²) in [4.78, 5) is 28.4. The number of nitrogens with zero attached hydrogens (tertiary/aromatic N) is 3. The van der Waals surface area contributed by atoms with E-state index in [9.17, 15) is 9.59 Å². The van der Waals surface area contributed by atoms with Gasteiger partial charge in [0, 0.05) is 10.2 Å². The van der Waals surface area contributed by atoms with Crippen LogP contribution >= 0.6 is 15.9 Å². The highest BCUT2D eigenvalue weighted by Crippen LogP contribution is 2.30. The van der Waals surface area contributed by atoms with Crippen LogP contribution in [0.3, 0.4) is 0 Å². The van der Waals surface area contributed by atoms with Crippen molar-refractivity contribution < 1.29 is 14.3 Å². The molecule has 9 heteroatoms. The van der Waals surface area contributed by atoms with Gasteiger partial charge in [0.25, 0.3) is 5.91 Å². The van der Waals surface area contributed by atoms with Crippen molar-refractivity contribution in [2.75, 3.05) is 17.2 Å². The number of fused-ring (bicyclic) bond motifs is 1. The van der Waals surface area contributed by atoms with Gasteiger partial charge in [0.1, 0.15) is 12.1 Å². The van der Waals surface area contributed by atoms with Crippen LogP contribution in [-0.4, -0.2) is 33.2 Å². The van der Waals surface area contributed by atoms with Crippen molar-refractivity contribution in [1.82, 2.24) is 14.8 Å². The Morgan fingerprint density at radius 3 is 2.83 bits per heavy atom. The molecule has 0 saturated heterocycles. The van der Waals surface area contributed by atoms with E-state index in [1.165, 1.54) is 6.33 Å². The summed E-state index contributed by atoms with van der Waals surface area (Å²) in [6.07, 6.45) is 1.66. The highest BCUT2D eigenvalue weighted by molar-refractivity contribution is 9.10. The molecule has 2 aromatic carbocycles. The fourth-order valence-corrected chi connectivity index (χ4v) is 4.20. The minimum atomic E-state index is -0.276. The minimum Gasteiger partial charge on any atom is -0.484 e. The normalized spacial score (nSPS) is 15.3. The molecule has 0 bridgehead atoms. The number of ether oxygens (including phenoxy) is 1. The van der Waals surface area contributed by atoms with Gasteiger partial charge in [0.05, 0.1) is 12.5 Å². The van der Waals surface area contributed by atoms with Crippen molar-refractivity contribution >= 4 is 39.4 Å². The molecule has 4 rings (SSSR count). The van der Waals surface area contributed by atoms with Crippen LogP contribution in [0.25, 0.3) is 0 Å². The lowest BCUT2D eigenvalue weighted by Crippen LogP contribution is -2.29. The summed E-state index contributed by atoms with van der Waals surface area (Å²) >= 11 is 3.45. The fraction of sp³-hybridized carbons (Fsp3) is 0.238. The van der Waals surface area contributed by atoms with E-state index in [-0.39, 0.29) is 30.9 Å². The van der Waals surface area contributed by atoms with Crippen molar-refractivity contribution in [3.63, 3.8) is 0 Å².